The average Bonchev–Trinajstić information content (AvgIpc) is 2.84. The first-order valence-electron chi connectivity index (χ1n) is 8.70. The van der Waals surface area contributed by atoms with Crippen LogP contribution in [0.4, 0.5) is 0 Å². The van der Waals surface area contributed by atoms with Gasteiger partial charge in [-0.25, -0.2) is 0 Å². The van der Waals surface area contributed by atoms with Gasteiger partial charge in [0.2, 0.25) is 0 Å². The Morgan fingerprint density at radius 2 is 1.91 bits per heavy atom. The van der Waals surface area contributed by atoms with E-state index in [1.165, 1.54) is 6.42 Å². The highest BCUT2D eigenvalue weighted by Crippen LogP contribution is 2.28. The summed E-state index contributed by atoms with van der Waals surface area (Å²) in [7, 11) is 1.90. The van der Waals surface area contributed by atoms with Gasteiger partial charge in [-0.3, -0.25) is 9.89 Å². The summed E-state index contributed by atoms with van der Waals surface area (Å²) < 4.78 is 5.49. The molecule has 2 aliphatic heterocycles. The van der Waals surface area contributed by atoms with Gasteiger partial charge in [0.05, 0.1) is 13.2 Å². The van der Waals surface area contributed by atoms with Crippen molar-refractivity contribution in [1.29, 1.82) is 0 Å². The van der Waals surface area contributed by atoms with Gasteiger partial charge in [0, 0.05) is 45.8 Å². The van der Waals surface area contributed by atoms with E-state index >= 15 is 0 Å². The molecule has 0 saturated carbocycles. The van der Waals surface area contributed by atoms with E-state index in [0.29, 0.717) is 17.4 Å². The second-order valence-electron chi connectivity index (χ2n) is 7.72. The van der Waals surface area contributed by atoms with Crippen molar-refractivity contribution in [2.45, 2.75) is 40.2 Å². The lowest BCUT2D eigenvalue weighted by Crippen LogP contribution is -2.53. The molecule has 1 atom stereocenters. The van der Waals surface area contributed by atoms with Crippen molar-refractivity contribution in [2.24, 2.45) is 16.3 Å². The van der Waals surface area contributed by atoms with Crippen LogP contribution in [0.5, 0.6) is 0 Å². The zero-order valence-electron chi connectivity index (χ0n) is 15.1. The standard InChI is InChI=1S/C17H34N4O/c1-14(2)15(20-8-10-22-11-9-20)12-19-16(18-5)21-7-6-17(3,4)13-21/h14-15H,6-13H2,1-5H3,(H,18,19). The number of hydrogen-bond acceptors (Lipinski definition) is 3. The minimum Gasteiger partial charge on any atom is -0.379 e. The number of morpholine rings is 1. The Morgan fingerprint density at radius 3 is 2.41 bits per heavy atom. The van der Waals surface area contributed by atoms with Crippen LogP contribution in [-0.4, -0.2) is 74.8 Å². The maximum atomic E-state index is 5.49. The molecule has 0 aromatic carbocycles. The number of ether oxygens (including phenoxy) is 1. The predicted molar refractivity (Wildman–Crippen MR) is 92.4 cm³/mol. The number of guanidine groups is 1. The van der Waals surface area contributed by atoms with Crippen molar-refractivity contribution in [3.63, 3.8) is 0 Å². The molecule has 0 aromatic heterocycles. The van der Waals surface area contributed by atoms with Crippen molar-refractivity contribution in [1.82, 2.24) is 15.1 Å². The van der Waals surface area contributed by atoms with Gasteiger partial charge < -0.3 is 15.0 Å². The molecule has 22 heavy (non-hydrogen) atoms. The van der Waals surface area contributed by atoms with E-state index in [4.69, 9.17) is 4.74 Å². The number of likely N-dealkylation sites (tertiary alicyclic amines) is 1. The summed E-state index contributed by atoms with van der Waals surface area (Å²) >= 11 is 0. The van der Waals surface area contributed by atoms with Gasteiger partial charge in [-0.15, -0.1) is 0 Å². The lowest BCUT2D eigenvalue weighted by atomic mass is 9.93. The average molecular weight is 310 g/mol. The Labute approximate surface area is 136 Å². The van der Waals surface area contributed by atoms with Crippen LogP contribution in [0.15, 0.2) is 4.99 Å². The first kappa shape index (κ1) is 17.5. The molecule has 2 fully saturated rings. The molecule has 0 bridgehead atoms. The number of nitrogens with zero attached hydrogens (tertiary/aromatic N) is 3. The largest absolute Gasteiger partial charge is 0.379 e. The summed E-state index contributed by atoms with van der Waals surface area (Å²) in [5.74, 6) is 1.68. The zero-order chi connectivity index (χ0) is 16.2. The predicted octanol–water partition coefficient (Wildman–Crippen LogP) is 1.65. The molecule has 0 radical (unpaired) electrons. The topological polar surface area (TPSA) is 40.1 Å². The summed E-state index contributed by atoms with van der Waals surface area (Å²) in [6.07, 6.45) is 1.24. The molecule has 1 unspecified atom stereocenters. The van der Waals surface area contributed by atoms with Gasteiger partial charge in [-0.1, -0.05) is 27.7 Å². The van der Waals surface area contributed by atoms with E-state index in [1.54, 1.807) is 0 Å². The summed E-state index contributed by atoms with van der Waals surface area (Å²) in [4.78, 5) is 9.46. The second kappa shape index (κ2) is 7.64. The molecule has 2 rings (SSSR count). The molecule has 2 heterocycles. The Kier molecular flexibility index (Phi) is 6.09. The highest BCUT2D eigenvalue weighted by atomic mass is 16.5. The van der Waals surface area contributed by atoms with Crippen molar-refractivity contribution in [3.8, 4) is 0 Å². The fraction of sp³-hybridized carbons (Fsp3) is 0.941. The van der Waals surface area contributed by atoms with Gasteiger partial charge in [0.25, 0.3) is 0 Å². The smallest absolute Gasteiger partial charge is 0.193 e. The maximum absolute atomic E-state index is 5.49. The molecule has 0 aromatic rings. The third-order valence-corrected chi connectivity index (χ3v) is 4.94. The van der Waals surface area contributed by atoms with Crippen LogP contribution >= 0.6 is 0 Å². The number of aliphatic imine (C=N–C) groups is 1. The highest BCUT2D eigenvalue weighted by Gasteiger charge is 2.31. The molecule has 2 aliphatic rings. The first-order chi connectivity index (χ1) is 10.4. The van der Waals surface area contributed by atoms with Crippen LogP contribution in [0.2, 0.25) is 0 Å². The summed E-state index contributed by atoms with van der Waals surface area (Å²) in [6.45, 7) is 16.3. The van der Waals surface area contributed by atoms with Crippen molar-refractivity contribution in [2.75, 3.05) is 53.0 Å². The van der Waals surface area contributed by atoms with Gasteiger partial charge in [0.15, 0.2) is 5.96 Å². The summed E-state index contributed by atoms with van der Waals surface area (Å²) in [5, 5.41) is 3.62. The van der Waals surface area contributed by atoms with E-state index in [-0.39, 0.29) is 0 Å². The fourth-order valence-corrected chi connectivity index (χ4v) is 3.52. The minimum atomic E-state index is 0.402. The Morgan fingerprint density at radius 1 is 1.23 bits per heavy atom. The monoisotopic (exact) mass is 310 g/mol. The second-order valence-corrected chi connectivity index (χ2v) is 7.72. The SMILES string of the molecule is CN=C(NCC(C(C)C)N1CCOCC1)N1CCC(C)(C)C1. The molecular weight excluding hydrogens is 276 g/mol. The van der Waals surface area contributed by atoms with E-state index in [9.17, 15) is 0 Å². The highest BCUT2D eigenvalue weighted by molar-refractivity contribution is 5.80. The molecule has 5 nitrogen and oxygen atoms in total. The van der Waals surface area contributed by atoms with Crippen LogP contribution in [0, 0.1) is 11.3 Å². The van der Waals surface area contributed by atoms with Crippen molar-refractivity contribution < 1.29 is 4.74 Å². The fourth-order valence-electron chi connectivity index (χ4n) is 3.52. The van der Waals surface area contributed by atoms with Gasteiger partial charge in [-0.2, -0.15) is 0 Å². The van der Waals surface area contributed by atoms with Gasteiger partial charge in [-0.05, 0) is 17.8 Å². The molecule has 0 aliphatic carbocycles. The molecule has 2 saturated heterocycles. The normalized spacial score (nSPS) is 24.8. The van der Waals surface area contributed by atoms with Crippen LogP contribution < -0.4 is 5.32 Å². The maximum Gasteiger partial charge on any atom is 0.193 e. The first-order valence-corrected chi connectivity index (χ1v) is 8.70. The van der Waals surface area contributed by atoms with Gasteiger partial charge >= 0.3 is 0 Å². The Bertz CT molecular complexity index is 375. The lowest BCUT2D eigenvalue weighted by molar-refractivity contribution is 0.00741. The van der Waals surface area contributed by atoms with Crippen molar-refractivity contribution >= 4 is 5.96 Å². The van der Waals surface area contributed by atoms with Gasteiger partial charge in [0.1, 0.15) is 0 Å². The number of nitrogens with one attached hydrogen (secondary N) is 1. The van der Waals surface area contributed by atoms with Crippen LogP contribution in [0.3, 0.4) is 0 Å². The van der Waals surface area contributed by atoms with E-state index in [2.05, 4.69) is 47.8 Å². The molecule has 1 N–H and O–H groups in total. The summed E-state index contributed by atoms with van der Waals surface area (Å²) in [5.41, 5.74) is 0.402. The summed E-state index contributed by atoms with van der Waals surface area (Å²) in [6, 6.07) is 0.538. The number of hydrogen-bond donors (Lipinski definition) is 1. The van der Waals surface area contributed by atoms with E-state index in [1.807, 2.05) is 7.05 Å². The lowest BCUT2D eigenvalue weighted by Gasteiger charge is -2.37. The molecule has 0 spiro atoms. The number of rotatable bonds is 4. The molecule has 0 amide bonds. The minimum absolute atomic E-state index is 0.402. The van der Waals surface area contributed by atoms with Crippen LogP contribution in [-0.2, 0) is 4.74 Å². The zero-order valence-corrected chi connectivity index (χ0v) is 15.1. The molecular formula is C17H34N4O. The van der Waals surface area contributed by atoms with E-state index < -0.39 is 0 Å². The molecule has 128 valence electrons. The van der Waals surface area contributed by atoms with Crippen LogP contribution in [0.1, 0.15) is 34.1 Å². The van der Waals surface area contributed by atoms with Crippen molar-refractivity contribution in [3.05, 3.63) is 0 Å². The third kappa shape index (κ3) is 4.59. The van der Waals surface area contributed by atoms with Crippen LogP contribution in [0.25, 0.3) is 0 Å². The Hall–Kier alpha value is -0.810. The third-order valence-electron chi connectivity index (χ3n) is 4.94. The quantitative estimate of drug-likeness (QED) is 0.633. The Balaban J connectivity index is 1.90. The van der Waals surface area contributed by atoms with E-state index in [0.717, 1.165) is 51.9 Å². The molecule has 5 heteroatoms.